The van der Waals surface area contributed by atoms with Crippen molar-refractivity contribution in [3.8, 4) is 0 Å². The Morgan fingerprint density at radius 2 is 1.58 bits per heavy atom. The molecule has 1 unspecified atom stereocenters. The molecule has 3 fully saturated rings. The number of carbonyl (C=O) groups excluding carboxylic acids is 4. The van der Waals surface area contributed by atoms with Gasteiger partial charge in [0.1, 0.15) is 17.7 Å². The van der Waals surface area contributed by atoms with Crippen molar-refractivity contribution in [2.45, 2.75) is 57.0 Å². The number of unbranched alkanes of at least 4 members (excludes halogenated alkanes) is 1. The Kier molecular flexibility index (Phi) is 13.3. The van der Waals surface area contributed by atoms with Crippen LogP contribution in [0.5, 0.6) is 0 Å². The zero-order valence-corrected chi connectivity index (χ0v) is 34.4. The zero-order valence-electron chi connectivity index (χ0n) is 34.4. The monoisotopic (exact) mass is 847 g/mol. The Labute approximate surface area is 358 Å². The quantitative estimate of drug-likeness (QED) is 0.0557. The van der Waals surface area contributed by atoms with Crippen molar-refractivity contribution >= 4 is 57.4 Å². The van der Waals surface area contributed by atoms with Gasteiger partial charge in [-0.3, -0.25) is 34.5 Å². The number of halogens is 2. The van der Waals surface area contributed by atoms with Crippen LogP contribution in [0.1, 0.15) is 70.4 Å². The summed E-state index contributed by atoms with van der Waals surface area (Å²) in [7, 11) is 0. The van der Waals surface area contributed by atoms with Crippen molar-refractivity contribution in [2.24, 2.45) is 0 Å². The lowest BCUT2D eigenvalue weighted by atomic mass is 10.0. The number of aromatic amines is 1. The lowest BCUT2D eigenvalue weighted by Gasteiger charge is -2.36. The van der Waals surface area contributed by atoms with Crippen molar-refractivity contribution < 1.29 is 32.7 Å². The molecule has 0 spiro atoms. The van der Waals surface area contributed by atoms with E-state index in [1.165, 1.54) is 12.1 Å². The first kappa shape index (κ1) is 42.3. The number of fused-ring (bicyclic) bond motifs is 1. The van der Waals surface area contributed by atoms with E-state index in [1.807, 2.05) is 30.3 Å². The summed E-state index contributed by atoms with van der Waals surface area (Å²) in [6, 6.07) is 21.7. The molecule has 14 nitrogen and oxygen atoms in total. The highest BCUT2D eigenvalue weighted by Crippen LogP contribution is 2.27. The molecule has 324 valence electrons. The molecular formula is C46H51F2N9O5. The van der Waals surface area contributed by atoms with E-state index < -0.39 is 23.6 Å². The average molecular weight is 848 g/mol. The highest BCUT2D eigenvalue weighted by Gasteiger charge is 2.27. The summed E-state index contributed by atoms with van der Waals surface area (Å²) < 4.78 is 33.3. The molecule has 3 saturated heterocycles. The number of imide groups is 1. The number of piperazine rings is 1. The lowest BCUT2D eigenvalue weighted by molar-refractivity contribution is -0.133. The van der Waals surface area contributed by atoms with E-state index in [2.05, 4.69) is 58.7 Å². The fourth-order valence-electron chi connectivity index (χ4n) is 8.25. The molecule has 0 radical (unpaired) electrons. The van der Waals surface area contributed by atoms with Gasteiger partial charge in [-0.2, -0.15) is 5.10 Å². The molecule has 16 heteroatoms. The molecule has 62 heavy (non-hydrogen) atoms. The number of benzene rings is 4. The molecule has 1 aromatic heterocycles. The second kappa shape index (κ2) is 19.5. The number of anilines is 4. The van der Waals surface area contributed by atoms with Crippen LogP contribution in [0, 0.1) is 11.6 Å². The van der Waals surface area contributed by atoms with Crippen molar-refractivity contribution in [1.29, 1.82) is 0 Å². The standard InChI is InChI=1S/C46H51F2N9O5/c47-32-24-30(25-33(48)28-32)23-29-3-9-40-37(26-29)43(55-54-40)53-45(60)38-27-31(4-10-39(38)50-35-13-21-62-22-14-35)44(59)49-15-1-2-16-56-17-19-57(20-18-56)36-7-5-34(6-8-36)51-41-11-12-42(58)52-46(41)61/h3-10,24-28,35,41,50-51H,1-2,11-23H2,(H,49,59)(H,52,58,61)(H2,53,54,55,60). The van der Waals surface area contributed by atoms with Gasteiger partial charge in [-0.15, -0.1) is 0 Å². The minimum Gasteiger partial charge on any atom is -0.381 e. The summed E-state index contributed by atoms with van der Waals surface area (Å²) in [6.07, 6.45) is 4.37. The average Bonchev–Trinajstić information content (AvgIpc) is 3.66. The van der Waals surface area contributed by atoms with Crippen molar-refractivity contribution in [3.05, 3.63) is 113 Å². The molecule has 4 aromatic carbocycles. The second-order valence-electron chi connectivity index (χ2n) is 16.1. The smallest absolute Gasteiger partial charge is 0.259 e. The van der Waals surface area contributed by atoms with Gasteiger partial charge in [0.2, 0.25) is 11.8 Å². The highest BCUT2D eigenvalue weighted by molar-refractivity contribution is 6.12. The van der Waals surface area contributed by atoms with Crippen molar-refractivity contribution in [1.82, 2.24) is 25.7 Å². The van der Waals surface area contributed by atoms with Gasteiger partial charge >= 0.3 is 0 Å². The predicted molar refractivity (Wildman–Crippen MR) is 234 cm³/mol. The maximum absolute atomic E-state index is 14.0. The second-order valence-corrected chi connectivity index (χ2v) is 16.1. The number of amides is 4. The number of carbonyl (C=O) groups is 4. The predicted octanol–water partition coefficient (Wildman–Crippen LogP) is 5.82. The van der Waals surface area contributed by atoms with E-state index in [9.17, 15) is 28.0 Å². The Morgan fingerprint density at radius 3 is 2.34 bits per heavy atom. The van der Waals surface area contributed by atoms with Crippen LogP contribution in [0.3, 0.4) is 0 Å². The third-order valence-electron chi connectivity index (χ3n) is 11.7. The summed E-state index contributed by atoms with van der Waals surface area (Å²) >= 11 is 0. The number of H-pyrrole nitrogens is 1. The molecule has 6 N–H and O–H groups in total. The van der Waals surface area contributed by atoms with Crippen molar-refractivity contribution in [3.63, 3.8) is 0 Å². The number of piperidine rings is 1. The number of nitrogens with one attached hydrogen (secondary N) is 6. The van der Waals surface area contributed by atoms with E-state index >= 15 is 0 Å². The van der Waals surface area contributed by atoms with Crippen LogP contribution in [0.25, 0.3) is 10.9 Å². The Morgan fingerprint density at radius 1 is 0.806 bits per heavy atom. The first-order chi connectivity index (χ1) is 30.1. The lowest BCUT2D eigenvalue weighted by Crippen LogP contribution is -2.47. The number of aromatic nitrogens is 2. The maximum atomic E-state index is 14.0. The van der Waals surface area contributed by atoms with E-state index in [-0.39, 0.29) is 30.2 Å². The Balaban J connectivity index is 0.831. The summed E-state index contributed by atoms with van der Waals surface area (Å²) in [4.78, 5) is 55.8. The highest BCUT2D eigenvalue weighted by atomic mass is 19.1. The van der Waals surface area contributed by atoms with Crippen LogP contribution >= 0.6 is 0 Å². The molecule has 4 amide bonds. The Bertz CT molecular complexity index is 2390. The van der Waals surface area contributed by atoms with Gasteiger partial charge in [-0.05, 0) is 123 Å². The minimum atomic E-state index is -0.648. The van der Waals surface area contributed by atoms with E-state index in [0.717, 1.165) is 81.4 Å². The molecule has 3 aliphatic heterocycles. The topological polar surface area (TPSA) is 173 Å². The van der Waals surface area contributed by atoms with Crippen molar-refractivity contribution in [2.75, 3.05) is 73.3 Å². The Hall–Kier alpha value is -6.39. The molecule has 1 atom stereocenters. The third kappa shape index (κ3) is 10.7. The summed E-state index contributed by atoms with van der Waals surface area (Å²) in [6.45, 7) is 6.27. The fourth-order valence-corrected chi connectivity index (χ4v) is 8.25. The molecule has 8 rings (SSSR count). The van der Waals surface area contributed by atoms with E-state index in [4.69, 9.17) is 4.74 Å². The van der Waals surface area contributed by atoms with Crippen LogP contribution in [0.4, 0.5) is 31.7 Å². The van der Waals surface area contributed by atoms with Crippen LogP contribution in [-0.4, -0.2) is 103 Å². The third-order valence-corrected chi connectivity index (χ3v) is 11.7. The van der Waals surface area contributed by atoms with Gasteiger partial charge in [-0.1, -0.05) is 6.07 Å². The number of nitrogens with zero attached hydrogens (tertiary/aromatic N) is 3. The molecule has 0 saturated carbocycles. The van der Waals surface area contributed by atoms with Crippen LogP contribution in [-0.2, 0) is 20.7 Å². The largest absolute Gasteiger partial charge is 0.381 e. The first-order valence-corrected chi connectivity index (χ1v) is 21.3. The maximum Gasteiger partial charge on any atom is 0.259 e. The molecule has 0 aliphatic carbocycles. The van der Waals surface area contributed by atoms with Crippen LogP contribution in [0.2, 0.25) is 0 Å². The molecular weight excluding hydrogens is 797 g/mol. The van der Waals surface area contributed by atoms with Gasteiger partial charge in [0, 0.05) is 92.5 Å². The van der Waals surface area contributed by atoms with Gasteiger partial charge in [0.15, 0.2) is 5.82 Å². The van der Waals surface area contributed by atoms with E-state index in [1.54, 1.807) is 18.2 Å². The van der Waals surface area contributed by atoms with Crippen LogP contribution in [0.15, 0.2) is 78.9 Å². The zero-order chi connectivity index (χ0) is 43.0. The molecule has 4 heterocycles. The minimum absolute atomic E-state index is 0.0991. The number of rotatable bonds is 15. The summed E-state index contributed by atoms with van der Waals surface area (Å²) in [5, 5.41) is 23.0. The van der Waals surface area contributed by atoms with Gasteiger partial charge in [0.25, 0.3) is 11.8 Å². The molecule has 0 bridgehead atoms. The first-order valence-electron chi connectivity index (χ1n) is 21.3. The number of ether oxygens (including phenoxy) is 1. The fraction of sp³-hybridized carbons (Fsp3) is 0.370. The molecule has 3 aliphatic rings. The SMILES string of the molecule is O=C1CCC(Nc2ccc(N3CCN(CCCCNC(=O)c4ccc(NC5CCOCC5)c(C(=O)Nc5n[nH]c6ccc(Cc7cc(F)cc(F)c7)cc56)c4)CC3)cc2)C(=O)N1. The van der Waals surface area contributed by atoms with Crippen LogP contribution < -0.4 is 31.5 Å². The number of hydrogen-bond acceptors (Lipinski definition) is 10. The molecule has 5 aromatic rings. The van der Waals surface area contributed by atoms with Gasteiger partial charge in [-0.25, -0.2) is 8.78 Å². The number of hydrogen-bond donors (Lipinski definition) is 6. The van der Waals surface area contributed by atoms with Gasteiger partial charge < -0.3 is 30.9 Å². The normalized spacial score (nSPS) is 17.5. The van der Waals surface area contributed by atoms with E-state index in [0.29, 0.717) is 71.7 Å². The summed E-state index contributed by atoms with van der Waals surface area (Å²) in [5.74, 6) is -2.24. The summed E-state index contributed by atoms with van der Waals surface area (Å²) in [5.41, 5.74) is 5.16. The van der Waals surface area contributed by atoms with Gasteiger partial charge in [0.05, 0.1) is 11.1 Å².